The van der Waals surface area contributed by atoms with E-state index in [1.807, 2.05) is 23.1 Å². The highest BCUT2D eigenvalue weighted by Crippen LogP contribution is 2.41. The Morgan fingerprint density at radius 1 is 1.16 bits per heavy atom. The number of nitrogens with one attached hydrogen (secondary N) is 1. The van der Waals surface area contributed by atoms with E-state index in [-0.39, 0.29) is 6.04 Å². The standard InChI is InChI=1S/C24H28N6O/c1-28(2)15-17-6-5-7-18(14-17)20-9-10-21-23(26-20)30(19-11-13-29(21)16-19)24(31)27-22-8-3-4-12-25-22/h3-10,12,14,19,24,31H,11,13,15-16H2,1-2H3,(H,25,27)/t19-,24?/m0/s1. The van der Waals surface area contributed by atoms with Crippen LogP contribution in [0.4, 0.5) is 17.3 Å². The van der Waals surface area contributed by atoms with E-state index in [0.717, 1.165) is 48.8 Å². The van der Waals surface area contributed by atoms with Crippen molar-refractivity contribution in [2.24, 2.45) is 0 Å². The molecule has 2 aliphatic rings. The van der Waals surface area contributed by atoms with Gasteiger partial charge in [0.25, 0.3) is 0 Å². The molecule has 1 aromatic carbocycles. The Labute approximate surface area is 183 Å². The number of aromatic nitrogens is 2. The number of anilines is 3. The van der Waals surface area contributed by atoms with Gasteiger partial charge in [0.2, 0.25) is 6.35 Å². The Bertz CT molecular complexity index is 1060. The van der Waals surface area contributed by atoms with Crippen LogP contribution in [0, 0.1) is 0 Å². The quantitative estimate of drug-likeness (QED) is 0.599. The van der Waals surface area contributed by atoms with E-state index < -0.39 is 6.35 Å². The molecular formula is C24H28N6O. The lowest BCUT2D eigenvalue weighted by Gasteiger charge is -2.40. The molecule has 4 heterocycles. The Kier molecular flexibility index (Phi) is 5.21. The third kappa shape index (κ3) is 3.94. The molecule has 2 bridgehead atoms. The molecule has 2 N–H and O–H groups in total. The highest BCUT2D eigenvalue weighted by Gasteiger charge is 2.40. The summed E-state index contributed by atoms with van der Waals surface area (Å²) in [5.74, 6) is 1.46. The number of aliphatic hydroxyl groups excluding tert-OH is 1. The van der Waals surface area contributed by atoms with Crippen molar-refractivity contribution in [3.05, 3.63) is 66.4 Å². The Balaban J connectivity index is 1.50. The molecule has 1 fully saturated rings. The van der Waals surface area contributed by atoms with Gasteiger partial charge in [0.1, 0.15) is 5.82 Å². The molecule has 31 heavy (non-hydrogen) atoms. The highest BCUT2D eigenvalue weighted by atomic mass is 16.3. The fraction of sp³-hybridized carbons (Fsp3) is 0.333. The molecule has 1 unspecified atom stereocenters. The first kappa shape index (κ1) is 19.8. The van der Waals surface area contributed by atoms with Crippen LogP contribution in [0.5, 0.6) is 0 Å². The van der Waals surface area contributed by atoms with E-state index >= 15 is 0 Å². The van der Waals surface area contributed by atoms with Crippen LogP contribution >= 0.6 is 0 Å². The topological polar surface area (TPSA) is 67.8 Å². The summed E-state index contributed by atoms with van der Waals surface area (Å²) in [6.45, 7) is 2.75. The first-order valence-corrected chi connectivity index (χ1v) is 10.7. The van der Waals surface area contributed by atoms with Crippen molar-refractivity contribution in [1.29, 1.82) is 0 Å². The van der Waals surface area contributed by atoms with Crippen LogP contribution in [0.15, 0.2) is 60.8 Å². The van der Waals surface area contributed by atoms with E-state index in [4.69, 9.17) is 4.98 Å². The van der Waals surface area contributed by atoms with E-state index in [9.17, 15) is 5.11 Å². The largest absolute Gasteiger partial charge is 0.366 e. The van der Waals surface area contributed by atoms with Crippen LogP contribution in [0.2, 0.25) is 0 Å². The Hall–Kier alpha value is -3.16. The molecule has 3 aromatic rings. The Morgan fingerprint density at radius 3 is 2.87 bits per heavy atom. The van der Waals surface area contributed by atoms with E-state index in [1.165, 1.54) is 5.56 Å². The van der Waals surface area contributed by atoms with Gasteiger partial charge in [-0.3, -0.25) is 0 Å². The minimum absolute atomic E-state index is 0.210. The fourth-order valence-corrected chi connectivity index (χ4v) is 4.56. The van der Waals surface area contributed by atoms with Gasteiger partial charge in [-0.05, 0) is 56.4 Å². The maximum Gasteiger partial charge on any atom is 0.208 e. The summed E-state index contributed by atoms with van der Waals surface area (Å²) in [5.41, 5.74) is 4.32. The second kappa shape index (κ2) is 8.17. The third-order valence-electron chi connectivity index (χ3n) is 5.92. The highest BCUT2D eigenvalue weighted by molar-refractivity contribution is 5.76. The number of rotatable bonds is 6. The molecule has 2 aromatic heterocycles. The predicted octanol–water partition coefficient (Wildman–Crippen LogP) is 2.99. The average molecular weight is 417 g/mol. The van der Waals surface area contributed by atoms with Gasteiger partial charge in [0.05, 0.1) is 17.4 Å². The second-order valence-electron chi connectivity index (χ2n) is 8.51. The van der Waals surface area contributed by atoms with Gasteiger partial charge in [-0.15, -0.1) is 0 Å². The molecule has 0 radical (unpaired) electrons. The van der Waals surface area contributed by atoms with Crippen LogP contribution in [0.1, 0.15) is 12.0 Å². The number of nitrogens with zero attached hydrogens (tertiary/aromatic N) is 5. The van der Waals surface area contributed by atoms with Crippen molar-refractivity contribution in [1.82, 2.24) is 14.9 Å². The van der Waals surface area contributed by atoms with E-state index in [0.29, 0.717) is 5.82 Å². The number of hydrogen-bond acceptors (Lipinski definition) is 7. The first-order chi connectivity index (χ1) is 15.1. The summed E-state index contributed by atoms with van der Waals surface area (Å²) in [4.78, 5) is 15.9. The van der Waals surface area contributed by atoms with Gasteiger partial charge < -0.3 is 25.1 Å². The molecule has 1 saturated heterocycles. The summed E-state index contributed by atoms with van der Waals surface area (Å²) >= 11 is 0. The smallest absolute Gasteiger partial charge is 0.208 e. The summed E-state index contributed by atoms with van der Waals surface area (Å²) in [6.07, 6.45) is 1.81. The van der Waals surface area contributed by atoms with Gasteiger partial charge in [0.15, 0.2) is 5.82 Å². The van der Waals surface area contributed by atoms with E-state index in [2.05, 4.69) is 70.6 Å². The summed E-state index contributed by atoms with van der Waals surface area (Å²) < 4.78 is 0. The van der Waals surface area contributed by atoms with Gasteiger partial charge in [0, 0.05) is 31.4 Å². The SMILES string of the molecule is CN(C)Cc1cccc(-c2ccc3c(n2)N(C(O)Nc2ccccn2)[C@H]2CCN3C2)c1. The molecule has 7 heteroatoms. The van der Waals surface area contributed by atoms with Crippen LogP contribution in [-0.2, 0) is 6.54 Å². The lowest BCUT2D eigenvalue weighted by atomic mass is 10.1. The van der Waals surface area contributed by atoms with Crippen molar-refractivity contribution >= 4 is 17.3 Å². The molecule has 2 aliphatic heterocycles. The van der Waals surface area contributed by atoms with Gasteiger partial charge in [-0.2, -0.15) is 0 Å². The molecule has 0 amide bonds. The molecule has 0 aliphatic carbocycles. The Morgan fingerprint density at radius 2 is 2.06 bits per heavy atom. The van der Waals surface area contributed by atoms with Crippen LogP contribution in [0.25, 0.3) is 11.3 Å². The molecule has 160 valence electrons. The van der Waals surface area contributed by atoms with Crippen molar-refractivity contribution < 1.29 is 5.11 Å². The van der Waals surface area contributed by atoms with Crippen LogP contribution in [0.3, 0.4) is 0 Å². The summed E-state index contributed by atoms with van der Waals surface area (Å²) in [7, 11) is 4.14. The zero-order chi connectivity index (χ0) is 21.4. The lowest BCUT2D eigenvalue weighted by Crippen LogP contribution is -2.51. The summed E-state index contributed by atoms with van der Waals surface area (Å²) in [6, 6.07) is 18.6. The first-order valence-electron chi connectivity index (χ1n) is 10.7. The zero-order valence-electron chi connectivity index (χ0n) is 17.9. The number of aliphatic hydroxyl groups is 1. The van der Waals surface area contributed by atoms with Gasteiger partial charge >= 0.3 is 0 Å². The summed E-state index contributed by atoms with van der Waals surface area (Å²) in [5, 5.41) is 14.2. The molecular weight excluding hydrogens is 388 g/mol. The number of hydrogen-bond donors (Lipinski definition) is 2. The predicted molar refractivity (Wildman–Crippen MR) is 124 cm³/mol. The molecule has 2 atom stereocenters. The number of fused-ring (bicyclic) bond motifs is 4. The second-order valence-corrected chi connectivity index (χ2v) is 8.51. The third-order valence-corrected chi connectivity index (χ3v) is 5.92. The molecule has 0 saturated carbocycles. The zero-order valence-corrected chi connectivity index (χ0v) is 17.9. The van der Waals surface area contributed by atoms with Crippen molar-refractivity contribution in [2.75, 3.05) is 42.3 Å². The van der Waals surface area contributed by atoms with Crippen LogP contribution in [-0.4, -0.2) is 59.6 Å². The average Bonchev–Trinajstić information content (AvgIpc) is 3.18. The van der Waals surface area contributed by atoms with Crippen molar-refractivity contribution in [3.8, 4) is 11.3 Å². The minimum Gasteiger partial charge on any atom is -0.366 e. The normalized spacial score (nSPS) is 18.3. The number of benzene rings is 1. The maximum absolute atomic E-state index is 11.1. The van der Waals surface area contributed by atoms with Crippen molar-refractivity contribution in [2.45, 2.75) is 25.4 Å². The molecule has 0 spiro atoms. The fourth-order valence-electron chi connectivity index (χ4n) is 4.56. The van der Waals surface area contributed by atoms with Gasteiger partial charge in [-0.1, -0.05) is 24.3 Å². The lowest BCUT2D eigenvalue weighted by molar-refractivity contribution is 0.184. The van der Waals surface area contributed by atoms with Crippen molar-refractivity contribution in [3.63, 3.8) is 0 Å². The van der Waals surface area contributed by atoms with Gasteiger partial charge in [-0.25, -0.2) is 9.97 Å². The molecule has 5 rings (SSSR count). The maximum atomic E-state index is 11.1. The molecule has 7 nitrogen and oxygen atoms in total. The van der Waals surface area contributed by atoms with Crippen LogP contribution < -0.4 is 15.1 Å². The van der Waals surface area contributed by atoms with E-state index in [1.54, 1.807) is 6.20 Å². The monoisotopic (exact) mass is 416 g/mol. The minimum atomic E-state index is -0.901. The number of pyridine rings is 2.